The van der Waals surface area contributed by atoms with Crippen LogP contribution in [0.4, 0.5) is 0 Å². The molecule has 2 rings (SSSR count). The van der Waals surface area contributed by atoms with Crippen LogP contribution in [0.25, 0.3) is 0 Å². The standard InChI is InChI=1S/C13H12BrN3O2/c1-8-5-6-16-13(11(8)12(15)17-18)19-10-4-2-3-9(14)7-10/h2-7,18H,1H3,(H2,15,17). The molecule has 0 aliphatic heterocycles. The lowest BCUT2D eigenvalue weighted by Gasteiger charge is -2.11. The summed E-state index contributed by atoms with van der Waals surface area (Å²) in [7, 11) is 0. The number of hydrogen-bond acceptors (Lipinski definition) is 4. The zero-order chi connectivity index (χ0) is 13.8. The van der Waals surface area contributed by atoms with Crippen molar-refractivity contribution in [2.75, 3.05) is 0 Å². The molecule has 1 aromatic heterocycles. The molecule has 2 aromatic rings. The van der Waals surface area contributed by atoms with E-state index in [9.17, 15) is 0 Å². The summed E-state index contributed by atoms with van der Waals surface area (Å²) in [6.07, 6.45) is 1.61. The van der Waals surface area contributed by atoms with E-state index in [2.05, 4.69) is 26.1 Å². The Morgan fingerprint density at radius 3 is 2.89 bits per heavy atom. The van der Waals surface area contributed by atoms with Crippen molar-refractivity contribution in [2.24, 2.45) is 10.9 Å². The Morgan fingerprint density at radius 1 is 1.42 bits per heavy atom. The minimum atomic E-state index is -0.0319. The van der Waals surface area contributed by atoms with E-state index in [1.54, 1.807) is 24.4 Å². The lowest BCUT2D eigenvalue weighted by molar-refractivity contribution is 0.318. The summed E-state index contributed by atoms with van der Waals surface area (Å²) in [6.45, 7) is 1.84. The number of ether oxygens (including phenoxy) is 1. The number of hydrogen-bond donors (Lipinski definition) is 2. The first-order valence-corrected chi connectivity index (χ1v) is 6.28. The highest BCUT2D eigenvalue weighted by atomic mass is 79.9. The summed E-state index contributed by atoms with van der Waals surface area (Å²) in [6, 6.07) is 9.10. The van der Waals surface area contributed by atoms with Gasteiger partial charge in [-0.3, -0.25) is 0 Å². The normalized spacial score (nSPS) is 11.4. The first-order chi connectivity index (χ1) is 9.11. The van der Waals surface area contributed by atoms with Gasteiger partial charge in [0.15, 0.2) is 5.84 Å². The maximum Gasteiger partial charge on any atom is 0.230 e. The van der Waals surface area contributed by atoms with E-state index in [-0.39, 0.29) is 5.84 Å². The average molecular weight is 322 g/mol. The van der Waals surface area contributed by atoms with Gasteiger partial charge in [-0.05, 0) is 36.8 Å². The molecule has 6 heteroatoms. The van der Waals surface area contributed by atoms with Gasteiger partial charge in [0.25, 0.3) is 0 Å². The maximum atomic E-state index is 8.82. The predicted octanol–water partition coefficient (Wildman–Crippen LogP) is 3.04. The monoisotopic (exact) mass is 321 g/mol. The van der Waals surface area contributed by atoms with Gasteiger partial charge in [-0.1, -0.05) is 27.2 Å². The SMILES string of the molecule is Cc1ccnc(Oc2cccc(Br)c2)c1/C(N)=N/O. The van der Waals surface area contributed by atoms with Crippen molar-refractivity contribution in [2.45, 2.75) is 6.92 Å². The highest BCUT2D eigenvalue weighted by molar-refractivity contribution is 9.10. The third-order valence-corrected chi connectivity index (χ3v) is 2.99. The van der Waals surface area contributed by atoms with Crippen LogP contribution < -0.4 is 10.5 Å². The minimum Gasteiger partial charge on any atom is -0.438 e. The van der Waals surface area contributed by atoms with Gasteiger partial charge in [0, 0.05) is 10.7 Å². The van der Waals surface area contributed by atoms with E-state index in [0.717, 1.165) is 10.0 Å². The molecular weight excluding hydrogens is 310 g/mol. The van der Waals surface area contributed by atoms with Crippen LogP contribution in [0.3, 0.4) is 0 Å². The van der Waals surface area contributed by atoms with Gasteiger partial charge in [0.2, 0.25) is 5.88 Å². The molecule has 1 aromatic carbocycles. The molecule has 0 spiro atoms. The lowest BCUT2D eigenvalue weighted by atomic mass is 10.1. The molecule has 98 valence electrons. The van der Waals surface area contributed by atoms with Gasteiger partial charge in [0.05, 0.1) is 5.56 Å². The molecule has 19 heavy (non-hydrogen) atoms. The minimum absolute atomic E-state index is 0.0319. The van der Waals surface area contributed by atoms with E-state index < -0.39 is 0 Å². The summed E-state index contributed by atoms with van der Waals surface area (Å²) < 4.78 is 6.57. The Bertz CT molecular complexity index is 629. The van der Waals surface area contributed by atoms with Crippen molar-refractivity contribution in [3.63, 3.8) is 0 Å². The second-order valence-corrected chi connectivity index (χ2v) is 4.77. The number of aromatic nitrogens is 1. The molecule has 0 amide bonds. The predicted molar refractivity (Wildman–Crippen MR) is 75.7 cm³/mol. The molecule has 1 heterocycles. The van der Waals surface area contributed by atoms with Crippen molar-refractivity contribution in [1.82, 2.24) is 4.98 Å². The molecule has 0 saturated carbocycles. The van der Waals surface area contributed by atoms with Gasteiger partial charge in [0.1, 0.15) is 5.75 Å². The van der Waals surface area contributed by atoms with Crippen LogP contribution in [0.15, 0.2) is 46.2 Å². The largest absolute Gasteiger partial charge is 0.438 e. The van der Waals surface area contributed by atoms with Crippen LogP contribution >= 0.6 is 15.9 Å². The summed E-state index contributed by atoms with van der Waals surface area (Å²) in [4.78, 5) is 4.12. The van der Waals surface area contributed by atoms with Gasteiger partial charge in [-0.2, -0.15) is 0 Å². The number of nitrogens with two attached hydrogens (primary N) is 1. The zero-order valence-electron chi connectivity index (χ0n) is 10.2. The molecule has 0 radical (unpaired) electrons. The van der Waals surface area contributed by atoms with Crippen LogP contribution in [0.2, 0.25) is 0 Å². The molecule has 0 fully saturated rings. The highest BCUT2D eigenvalue weighted by Crippen LogP contribution is 2.26. The van der Waals surface area contributed by atoms with Crippen LogP contribution in [0.5, 0.6) is 11.6 Å². The first-order valence-electron chi connectivity index (χ1n) is 5.48. The third kappa shape index (κ3) is 3.03. The number of halogens is 1. The fraction of sp³-hybridized carbons (Fsp3) is 0.0769. The van der Waals surface area contributed by atoms with Crippen molar-refractivity contribution in [1.29, 1.82) is 0 Å². The van der Waals surface area contributed by atoms with Crippen LogP contribution in [-0.2, 0) is 0 Å². The van der Waals surface area contributed by atoms with E-state index in [1.165, 1.54) is 0 Å². The summed E-state index contributed by atoms with van der Waals surface area (Å²) >= 11 is 3.36. The number of amidine groups is 1. The molecule has 0 aliphatic rings. The molecule has 3 N–H and O–H groups in total. The quantitative estimate of drug-likeness (QED) is 0.394. The average Bonchev–Trinajstić information content (AvgIpc) is 2.38. The summed E-state index contributed by atoms with van der Waals surface area (Å²) in [5.74, 6) is 0.878. The summed E-state index contributed by atoms with van der Waals surface area (Å²) in [5.41, 5.74) is 6.94. The van der Waals surface area contributed by atoms with Gasteiger partial charge in [-0.25, -0.2) is 4.98 Å². The van der Waals surface area contributed by atoms with Gasteiger partial charge < -0.3 is 15.7 Å². The number of oxime groups is 1. The van der Waals surface area contributed by atoms with Crippen LogP contribution in [0.1, 0.15) is 11.1 Å². The number of benzene rings is 1. The van der Waals surface area contributed by atoms with Crippen LogP contribution in [-0.4, -0.2) is 16.0 Å². The molecule has 5 nitrogen and oxygen atoms in total. The van der Waals surface area contributed by atoms with E-state index in [1.807, 2.05) is 19.1 Å². The fourth-order valence-corrected chi connectivity index (χ4v) is 1.99. The molecule has 0 bridgehead atoms. The van der Waals surface area contributed by atoms with Crippen molar-refractivity contribution >= 4 is 21.8 Å². The van der Waals surface area contributed by atoms with Crippen molar-refractivity contribution < 1.29 is 9.94 Å². The Hall–Kier alpha value is -2.08. The zero-order valence-corrected chi connectivity index (χ0v) is 11.8. The van der Waals surface area contributed by atoms with Gasteiger partial charge in [-0.15, -0.1) is 0 Å². The van der Waals surface area contributed by atoms with Crippen molar-refractivity contribution in [3.05, 3.63) is 52.1 Å². The number of aryl methyl sites for hydroxylation is 1. The number of rotatable bonds is 3. The topological polar surface area (TPSA) is 80.7 Å². The Morgan fingerprint density at radius 2 is 2.21 bits per heavy atom. The first kappa shape index (κ1) is 13.4. The Kier molecular flexibility index (Phi) is 4.01. The highest BCUT2D eigenvalue weighted by Gasteiger charge is 2.13. The van der Waals surface area contributed by atoms with Crippen LogP contribution in [0, 0.1) is 6.92 Å². The molecule has 0 atom stereocenters. The fourth-order valence-electron chi connectivity index (χ4n) is 1.61. The van der Waals surface area contributed by atoms with E-state index >= 15 is 0 Å². The number of pyridine rings is 1. The Balaban J connectivity index is 2.43. The summed E-state index contributed by atoms with van der Waals surface area (Å²) in [5, 5.41) is 11.8. The second kappa shape index (κ2) is 5.71. The smallest absolute Gasteiger partial charge is 0.230 e. The molecular formula is C13H12BrN3O2. The molecule has 0 aliphatic carbocycles. The molecule has 0 unspecified atom stereocenters. The lowest BCUT2D eigenvalue weighted by Crippen LogP contribution is -2.16. The number of nitrogens with zero attached hydrogens (tertiary/aromatic N) is 2. The van der Waals surface area contributed by atoms with E-state index in [4.69, 9.17) is 15.7 Å². The van der Waals surface area contributed by atoms with Crippen molar-refractivity contribution in [3.8, 4) is 11.6 Å². The molecule has 0 saturated heterocycles. The van der Waals surface area contributed by atoms with E-state index in [0.29, 0.717) is 17.2 Å². The Labute approximate surface area is 118 Å². The van der Waals surface area contributed by atoms with Gasteiger partial charge >= 0.3 is 0 Å². The second-order valence-electron chi connectivity index (χ2n) is 3.85. The maximum absolute atomic E-state index is 8.82. The third-order valence-electron chi connectivity index (χ3n) is 2.50.